The fraction of sp³-hybridized carbons (Fsp3) is 0.346. The Hall–Kier alpha value is -1.46. The zero-order valence-corrected chi connectivity index (χ0v) is 24.9. The average Bonchev–Trinajstić information content (AvgIpc) is 2.82. The molecule has 2 N–H and O–H groups in total. The number of benzene rings is 1. The minimum Gasteiger partial charge on any atom is -0.560 e. The summed E-state index contributed by atoms with van der Waals surface area (Å²) >= 11 is 2.00. The molecule has 3 heterocycles. The van der Waals surface area contributed by atoms with Crippen LogP contribution in [0.3, 0.4) is 0 Å². The Morgan fingerprint density at radius 2 is 2.14 bits per heavy atom. The maximum absolute atomic E-state index is 12.9. The van der Waals surface area contributed by atoms with Gasteiger partial charge in [0.1, 0.15) is 7.05 Å². The molecule has 0 spiro atoms. The molecule has 0 bridgehead atoms. The molecule has 2 aromatic rings. The number of aromatic nitrogens is 1. The molecule has 1 aromatic carbocycles. The van der Waals surface area contributed by atoms with Crippen LogP contribution < -0.4 is 62.0 Å². The molecular weight excluding hydrogens is 483 g/mol. The average molecular weight is 515 g/mol. The van der Waals surface area contributed by atoms with Crippen LogP contribution in [0, 0.1) is 19.7 Å². The van der Waals surface area contributed by atoms with Gasteiger partial charge in [-0.15, -0.1) is 6.20 Å². The first kappa shape index (κ1) is 28.1. The van der Waals surface area contributed by atoms with Crippen molar-refractivity contribution < 1.29 is 60.8 Å². The normalized spacial score (nSPS) is 17.7. The first-order chi connectivity index (χ1) is 16.5. The summed E-state index contributed by atoms with van der Waals surface area (Å²) in [7, 11) is 1.96. The van der Waals surface area contributed by atoms with Gasteiger partial charge in [-0.05, 0) is 43.2 Å². The van der Waals surface area contributed by atoms with E-state index in [1.54, 1.807) is 12.4 Å². The monoisotopic (exact) mass is 514 g/mol. The first-order valence-corrected chi connectivity index (χ1v) is 12.6. The second-order valence-corrected chi connectivity index (χ2v) is 9.80. The van der Waals surface area contributed by atoms with Crippen LogP contribution in [0.25, 0.3) is 0 Å². The number of rotatable bonds is 8. The number of nitrogens with one attached hydrogen (secondary N) is 2. The standard InChI is InChI=1S/C26H31N6OS.K/c1-19-13-22(15-29-25(19)18-32-9-11-34-12-10-32)26(33)30-23-6-4-5-21(14-23)20(2)27-7-8-28-24-16-31(3)17-24;/h4-6,8,13-17,20,27H,9-12,18H2,1-3H3,(H,30,33);/q-1;+1. The van der Waals surface area contributed by atoms with Crippen molar-refractivity contribution in [3.05, 3.63) is 77.9 Å². The summed E-state index contributed by atoms with van der Waals surface area (Å²) in [6, 6.07) is 9.76. The van der Waals surface area contributed by atoms with Gasteiger partial charge in [-0.1, -0.05) is 12.1 Å². The number of thioether (sulfide) groups is 1. The van der Waals surface area contributed by atoms with Crippen LogP contribution >= 0.6 is 11.8 Å². The first-order valence-electron chi connectivity index (χ1n) is 11.5. The third-order valence-electron chi connectivity index (χ3n) is 5.82. The van der Waals surface area contributed by atoms with Crippen molar-refractivity contribution in [2.24, 2.45) is 4.99 Å². The van der Waals surface area contributed by atoms with Gasteiger partial charge in [-0.25, -0.2) is 0 Å². The van der Waals surface area contributed by atoms with Gasteiger partial charge < -0.3 is 26.4 Å². The van der Waals surface area contributed by atoms with E-state index >= 15 is 0 Å². The third kappa shape index (κ3) is 8.28. The topological polar surface area (TPSA) is 72.6 Å². The minimum absolute atomic E-state index is 0. The minimum atomic E-state index is -0.158. The second kappa shape index (κ2) is 13.7. The fourth-order valence-electron chi connectivity index (χ4n) is 3.78. The number of aliphatic imine (C=N–C) groups is 1. The van der Waals surface area contributed by atoms with Crippen molar-refractivity contribution >= 4 is 35.3 Å². The number of aryl methyl sites for hydroxylation is 1. The van der Waals surface area contributed by atoms with E-state index in [9.17, 15) is 4.79 Å². The summed E-state index contributed by atoms with van der Waals surface area (Å²) in [5.41, 5.74) is 5.36. The van der Waals surface area contributed by atoms with Gasteiger partial charge in [-0.2, -0.15) is 11.8 Å². The smallest absolute Gasteiger partial charge is 0.560 e. The van der Waals surface area contributed by atoms with Crippen molar-refractivity contribution in [3.63, 3.8) is 0 Å². The maximum atomic E-state index is 12.9. The summed E-state index contributed by atoms with van der Waals surface area (Å²) in [6.07, 6.45) is 8.25. The van der Waals surface area contributed by atoms with Gasteiger partial charge in [0.05, 0.1) is 29.7 Å². The largest absolute Gasteiger partial charge is 1.00 e. The Morgan fingerprint density at radius 1 is 1.37 bits per heavy atom. The van der Waals surface area contributed by atoms with Crippen LogP contribution in [0.4, 0.5) is 5.69 Å². The molecular formula is C26H31KN6OS. The second-order valence-electron chi connectivity index (χ2n) is 8.57. The van der Waals surface area contributed by atoms with Crippen molar-refractivity contribution in [2.75, 3.05) is 37.0 Å². The molecule has 2 aliphatic heterocycles. The molecule has 35 heavy (non-hydrogen) atoms. The Labute approximate surface area is 255 Å². The van der Waals surface area contributed by atoms with Gasteiger partial charge in [-0.3, -0.25) is 14.7 Å². The number of anilines is 1. The zero-order chi connectivity index (χ0) is 23.9. The van der Waals surface area contributed by atoms with Gasteiger partial charge >= 0.3 is 51.4 Å². The summed E-state index contributed by atoms with van der Waals surface area (Å²) in [5, 5.41) is 6.19. The van der Waals surface area contributed by atoms with Gasteiger partial charge in [0, 0.05) is 49.1 Å². The Kier molecular flexibility index (Phi) is 11.0. The maximum Gasteiger partial charge on any atom is 1.00 e. The molecule has 1 amide bonds. The van der Waals surface area contributed by atoms with Crippen LogP contribution in [0.15, 0.2) is 47.7 Å². The molecule has 4 rings (SSSR count). The molecule has 1 aromatic heterocycles. The number of hydrogen-bond acceptors (Lipinski definition) is 6. The Balaban J connectivity index is 0.00000342. The summed E-state index contributed by atoms with van der Waals surface area (Å²) in [5.74, 6) is 2.19. The van der Waals surface area contributed by atoms with Crippen LogP contribution in [-0.2, 0) is 6.54 Å². The molecule has 2 aliphatic rings. The quantitative estimate of drug-likeness (QED) is 0.232. The van der Waals surface area contributed by atoms with Gasteiger partial charge in [0.25, 0.3) is 5.91 Å². The molecule has 7 nitrogen and oxygen atoms in total. The van der Waals surface area contributed by atoms with Gasteiger partial charge in [0.15, 0.2) is 0 Å². The van der Waals surface area contributed by atoms with Crippen LogP contribution in [0.5, 0.6) is 0 Å². The number of carbonyl (C=O) groups is 1. The van der Waals surface area contributed by atoms with Crippen LogP contribution in [0.2, 0.25) is 0 Å². The SMILES string of the molecule is Cc1cc(C(=O)Nc2cccc(C(C)N[C-]=CN=C3C=[N+](C)[CH-]3)c2)cnc1CN1CCSCC1.[K+]. The van der Waals surface area contributed by atoms with Crippen molar-refractivity contribution in [1.29, 1.82) is 0 Å². The van der Waals surface area contributed by atoms with E-state index in [-0.39, 0.29) is 63.3 Å². The predicted molar refractivity (Wildman–Crippen MR) is 139 cm³/mol. The number of carbonyl (C=O) groups excluding carboxylic acids is 1. The molecule has 1 atom stereocenters. The molecule has 1 unspecified atom stereocenters. The van der Waals surface area contributed by atoms with E-state index in [1.807, 2.05) is 80.3 Å². The van der Waals surface area contributed by atoms with Crippen molar-refractivity contribution in [3.8, 4) is 0 Å². The predicted octanol–water partition coefficient (Wildman–Crippen LogP) is 0.450. The molecule has 9 heteroatoms. The van der Waals surface area contributed by atoms with E-state index < -0.39 is 0 Å². The Bertz CT molecular complexity index is 1130. The summed E-state index contributed by atoms with van der Waals surface area (Å²) in [6.45, 7) is 9.03. The van der Waals surface area contributed by atoms with E-state index in [4.69, 9.17) is 0 Å². The summed E-state index contributed by atoms with van der Waals surface area (Å²) in [4.78, 5) is 24.2. The van der Waals surface area contributed by atoms with Crippen LogP contribution in [-0.4, -0.2) is 63.9 Å². The fourth-order valence-corrected chi connectivity index (χ4v) is 4.76. The van der Waals surface area contributed by atoms with Crippen molar-refractivity contribution in [2.45, 2.75) is 26.4 Å². The number of hydrogen-bond donors (Lipinski definition) is 2. The van der Waals surface area contributed by atoms with E-state index in [0.29, 0.717) is 5.56 Å². The molecule has 178 valence electrons. The molecule has 0 saturated carbocycles. The van der Waals surface area contributed by atoms with Crippen molar-refractivity contribution in [1.82, 2.24) is 15.2 Å². The number of nitrogens with zero attached hydrogens (tertiary/aromatic N) is 4. The third-order valence-corrected chi connectivity index (χ3v) is 6.76. The van der Waals surface area contributed by atoms with E-state index in [1.165, 1.54) is 11.5 Å². The van der Waals surface area contributed by atoms with Crippen LogP contribution in [0.1, 0.15) is 40.1 Å². The number of amides is 1. The molecule has 1 saturated heterocycles. The molecule has 0 radical (unpaired) electrons. The number of pyridine rings is 1. The Morgan fingerprint density at radius 3 is 2.86 bits per heavy atom. The summed E-state index contributed by atoms with van der Waals surface area (Å²) < 4.78 is 1.95. The molecule has 0 aliphatic carbocycles. The molecule has 1 fully saturated rings. The van der Waals surface area contributed by atoms with Gasteiger partial charge in [0.2, 0.25) is 0 Å². The van der Waals surface area contributed by atoms with E-state index in [2.05, 4.69) is 31.7 Å². The zero-order valence-electron chi connectivity index (χ0n) is 20.9. The van der Waals surface area contributed by atoms with E-state index in [0.717, 1.165) is 47.9 Å².